The third-order valence-electron chi connectivity index (χ3n) is 1.15. The number of esters is 1. The fourth-order valence-corrected chi connectivity index (χ4v) is 1.12. The van der Waals surface area contributed by atoms with Gasteiger partial charge in [0, 0.05) is 11.3 Å². The maximum absolute atomic E-state index is 10.9. The average Bonchev–Trinajstić information content (AvgIpc) is 1.84. The molecule has 0 radical (unpaired) electrons. The van der Waals surface area contributed by atoms with E-state index >= 15 is 0 Å². The fraction of sp³-hybridized carbons (Fsp3) is 0.625. The van der Waals surface area contributed by atoms with Crippen molar-refractivity contribution < 1.29 is 9.53 Å². The van der Waals surface area contributed by atoms with Gasteiger partial charge in [0.25, 0.3) is 0 Å². The minimum absolute atomic E-state index is 0.338. The Morgan fingerprint density at radius 2 is 2.08 bits per heavy atom. The minimum Gasteiger partial charge on any atom is -0.461 e. The largest absolute Gasteiger partial charge is 0.461 e. The number of hydrogen-bond donors (Lipinski definition) is 0. The van der Waals surface area contributed by atoms with E-state index in [0.29, 0.717) is 12.2 Å². The fourth-order valence-electron chi connectivity index (χ4n) is 0.456. The van der Waals surface area contributed by atoms with Crippen LogP contribution in [0.4, 0.5) is 0 Å². The highest BCUT2D eigenvalue weighted by atomic mass is 35.7. The molecule has 0 aromatic carbocycles. The zero-order valence-electron chi connectivity index (χ0n) is 7.72. The van der Waals surface area contributed by atoms with Crippen molar-refractivity contribution in [3.05, 3.63) is 12.2 Å². The Morgan fingerprint density at radius 1 is 1.58 bits per heavy atom. The van der Waals surface area contributed by atoms with Crippen LogP contribution in [0.25, 0.3) is 0 Å². The molecule has 0 aliphatic heterocycles. The van der Waals surface area contributed by atoms with Gasteiger partial charge in [-0.1, -0.05) is 17.3 Å². The molecule has 0 rings (SSSR count). The summed E-state index contributed by atoms with van der Waals surface area (Å²) in [5.74, 6) is 0.392. The molecule has 0 fully saturated rings. The van der Waals surface area contributed by atoms with E-state index < -0.39 is 9.24 Å². The van der Waals surface area contributed by atoms with Crippen LogP contribution < -0.4 is 0 Å². The molecule has 72 valence electrons. The second-order valence-corrected chi connectivity index (χ2v) is 8.74. The summed E-state index contributed by atoms with van der Waals surface area (Å²) in [5.41, 5.74) is 0.428. The van der Waals surface area contributed by atoms with Gasteiger partial charge in [0.15, 0.2) is 0 Å². The molecule has 0 N–H and O–H groups in total. The van der Waals surface area contributed by atoms with Crippen molar-refractivity contribution in [2.45, 2.75) is 6.92 Å². The molecule has 0 aromatic rings. The molecule has 0 aliphatic carbocycles. The topological polar surface area (TPSA) is 26.3 Å². The molecule has 0 atom stereocenters. The Hall–Kier alpha value is -0.150. The van der Waals surface area contributed by atoms with E-state index in [1.54, 1.807) is 6.92 Å². The highest BCUT2D eigenvalue weighted by Crippen LogP contribution is 2.44. The predicted octanol–water partition coefficient (Wildman–Crippen LogP) is 2.32. The summed E-state index contributed by atoms with van der Waals surface area (Å²) in [7, 11) is 4.89. The van der Waals surface area contributed by atoms with Crippen LogP contribution in [-0.4, -0.2) is 30.8 Å². The molecule has 0 amide bonds. The number of rotatable bonds is 4. The lowest BCUT2D eigenvalue weighted by atomic mass is 10.4. The number of carbonyl (C=O) groups is 1. The summed E-state index contributed by atoms with van der Waals surface area (Å²) in [6, 6.07) is 0. The van der Waals surface area contributed by atoms with Crippen molar-refractivity contribution >= 4 is 25.9 Å². The van der Waals surface area contributed by atoms with Gasteiger partial charge in [0.1, 0.15) is 6.61 Å². The van der Waals surface area contributed by atoms with Crippen molar-refractivity contribution in [1.82, 2.24) is 0 Å². The highest BCUT2D eigenvalue weighted by molar-refractivity contribution is 8.50. The second-order valence-electron chi connectivity index (χ2n) is 3.02. The molecule has 0 spiro atoms. The maximum atomic E-state index is 10.9. The van der Waals surface area contributed by atoms with Crippen LogP contribution in [0.2, 0.25) is 0 Å². The van der Waals surface area contributed by atoms with Crippen LogP contribution in [-0.2, 0) is 9.53 Å². The smallest absolute Gasteiger partial charge is 0.333 e. The third kappa shape index (κ3) is 6.55. The molecular formula is C8H15ClO2S. The molecule has 0 heterocycles. The lowest BCUT2D eigenvalue weighted by Crippen LogP contribution is -2.10. The predicted molar refractivity (Wildman–Crippen MR) is 55.9 cm³/mol. The number of halogens is 1. The Morgan fingerprint density at radius 3 is 2.42 bits per heavy atom. The van der Waals surface area contributed by atoms with Gasteiger partial charge in [-0.15, -0.1) is 0 Å². The van der Waals surface area contributed by atoms with Crippen molar-refractivity contribution in [2.75, 3.05) is 24.9 Å². The van der Waals surface area contributed by atoms with E-state index in [1.165, 1.54) is 0 Å². The van der Waals surface area contributed by atoms with Gasteiger partial charge in [0.05, 0.1) is 0 Å². The van der Waals surface area contributed by atoms with Crippen LogP contribution >= 0.6 is 19.9 Å². The molecule has 0 aliphatic rings. The Bertz CT molecular complexity index is 184. The van der Waals surface area contributed by atoms with Crippen LogP contribution in [0.3, 0.4) is 0 Å². The number of carbonyl (C=O) groups excluding carboxylic acids is 1. The monoisotopic (exact) mass is 210 g/mol. The van der Waals surface area contributed by atoms with Crippen LogP contribution in [0.1, 0.15) is 6.92 Å². The Balaban J connectivity index is 3.58. The molecule has 0 bridgehead atoms. The van der Waals surface area contributed by atoms with Gasteiger partial charge in [-0.3, -0.25) is 0 Å². The summed E-state index contributed by atoms with van der Waals surface area (Å²) in [6.07, 6.45) is 3.92. The van der Waals surface area contributed by atoms with E-state index in [4.69, 9.17) is 15.4 Å². The van der Waals surface area contributed by atoms with Gasteiger partial charge < -0.3 is 4.74 Å². The Labute approximate surface area is 79.7 Å². The van der Waals surface area contributed by atoms with Gasteiger partial charge in [-0.2, -0.15) is 9.24 Å². The molecule has 0 saturated carbocycles. The van der Waals surface area contributed by atoms with Crippen LogP contribution in [0.5, 0.6) is 0 Å². The minimum atomic E-state index is -1.08. The van der Waals surface area contributed by atoms with Crippen molar-refractivity contribution in [3.63, 3.8) is 0 Å². The second kappa shape index (κ2) is 4.77. The van der Waals surface area contributed by atoms with E-state index in [0.717, 1.165) is 5.75 Å². The highest BCUT2D eigenvalue weighted by Gasteiger charge is 2.08. The van der Waals surface area contributed by atoms with E-state index in [2.05, 4.69) is 6.58 Å². The quantitative estimate of drug-likeness (QED) is 0.526. The van der Waals surface area contributed by atoms with E-state index in [1.807, 2.05) is 12.5 Å². The SMILES string of the molecule is C=C(C)C(=O)OCCS(C)(C)Cl. The summed E-state index contributed by atoms with van der Waals surface area (Å²) in [6.45, 7) is 5.48. The van der Waals surface area contributed by atoms with E-state index in [-0.39, 0.29) is 5.97 Å². The van der Waals surface area contributed by atoms with Crippen molar-refractivity contribution in [2.24, 2.45) is 0 Å². The molecule has 0 unspecified atom stereocenters. The zero-order valence-corrected chi connectivity index (χ0v) is 9.30. The molecule has 12 heavy (non-hydrogen) atoms. The van der Waals surface area contributed by atoms with E-state index in [9.17, 15) is 4.79 Å². The average molecular weight is 211 g/mol. The molecule has 0 saturated heterocycles. The molecule has 4 heteroatoms. The van der Waals surface area contributed by atoms with Crippen LogP contribution in [0.15, 0.2) is 12.2 Å². The molecule has 2 nitrogen and oxygen atoms in total. The van der Waals surface area contributed by atoms with Gasteiger partial charge >= 0.3 is 5.97 Å². The molecule has 0 aromatic heterocycles. The zero-order chi connectivity index (χ0) is 9.78. The van der Waals surface area contributed by atoms with Gasteiger partial charge in [-0.05, 0) is 19.4 Å². The first-order valence-electron chi connectivity index (χ1n) is 3.56. The number of hydrogen-bond acceptors (Lipinski definition) is 2. The lowest BCUT2D eigenvalue weighted by Gasteiger charge is -2.20. The number of ether oxygens (including phenoxy) is 1. The first-order chi connectivity index (χ1) is 5.33. The summed E-state index contributed by atoms with van der Waals surface area (Å²) in [5, 5.41) is 0. The summed E-state index contributed by atoms with van der Waals surface area (Å²) >= 11 is 0. The summed E-state index contributed by atoms with van der Waals surface area (Å²) < 4.78 is 4.88. The summed E-state index contributed by atoms with van der Waals surface area (Å²) in [4.78, 5) is 10.9. The standard InChI is InChI=1S/C8H15ClO2S/c1-7(2)8(10)11-5-6-12(3,4)9/h1,5-6H2,2-4H3. The Kier molecular flexibility index (Phi) is 4.71. The normalized spacial score (nSPS) is 12.3. The first kappa shape index (κ1) is 11.8. The maximum Gasteiger partial charge on any atom is 0.333 e. The molecular weight excluding hydrogens is 196 g/mol. The lowest BCUT2D eigenvalue weighted by molar-refractivity contribution is -0.138. The first-order valence-corrected chi connectivity index (χ1v) is 7.00. The van der Waals surface area contributed by atoms with Gasteiger partial charge in [0.2, 0.25) is 0 Å². The van der Waals surface area contributed by atoms with Crippen molar-refractivity contribution in [3.8, 4) is 0 Å². The third-order valence-corrected chi connectivity index (χ3v) is 2.75. The van der Waals surface area contributed by atoms with Crippen molar-refractivity contribution in [1.29, 1.82) is 0 Å². The van der Waals surface area contributed by atoms with Gasteiger partial charge in [-0.25, -0.2) is 4.79 Å². The van der Waals surface area contributed by atoms with Crippen LogP contribution in [0, 0.1) is 0 Å².